The Balaban J connectivity index is 2.78. The number of pyridine rings is 1. The highest BCUT2D eigenvalue weighted by molar-refractivity contribution is 9.11. The standard InChI is InChI=1S/C8H7Br2N3O2/c9-4-1-5(10)7(12-2-4)8(15)13-3-6(11)14/h1-2H,3H2,(H2,11,14)(H,13,15). The minimum absolute atomic E-state index is 0.205. The van der Waals surface area contributed by atoms with Crippen molar-refractivity contribution in [3.63, 3.8) is 0 Å². The van der Waals surface area contributed by atoms with Gasteiger partial charge in [0, 0.05) is 10.7 Å². The number of nitrogens with two attached hydrogens (primary N) is 1. The molecule has 0 aromatic carbocycles. The molecule has 0 bridgehead atoms. The molecule has 5 nitrogen and oxygen atoms in total. The largest absolute Gasteiger partial charge is 0.368 e. The van der Waals surface area contributed by atoms with E-state index in [4.69, 9.17) is 5.73 Å². The first-order valence-corrected chi connectivity index (χ1v) is 5.47. The van der Waals surface area contributed by atoms with Crippen molar-refractivity contribution >= 4 is 43.7 Å². The van der Waals surface area contributed by atoms with Gasteiger partial charge in [0.05, 0.1) is 11.0 Å². The lowest BCUT2D eigenvalue weighted by atomic mass is 10.3. The zero-order valence-corrected chi connectivity index (χ0v) is 10.6. The number of carbonyl (C=O) groups excluding carboxylic acids is 2. The Morgan fingerprint density at radius 1 is 1.47 bits per heavy atom. The van der Waals surface area contributed by atoms with Crippen molar-refractivity contribution in [3.05, 3.63) is 26.9 Å². The van der Waals surface area contributed by atoms with Gasteiger partial charge in [-0.05, 0) is 37.9 Å². The third kappa shape index (κ3) is 3.60. The number of nitrogens with zero attached hydrogens (tertiary/aromatic N) is 1. The van der Waals surface area contributed by atoms with E-state index >= 15 is 0 Å². The van der Waals surface area contributed by atoms with Crippen molar-refractivity contribution in [1.82, 2.24) is 10.3 Å². The average Bonchev–Trinajstić information content (AvgIpc) is 2.14. The monoisotopic (exact) mass is 335 g/mol. The van der Waals surface area contributed by atoms with Gasteiger partial charge >= 0.3 is 0 Å². The van der Waals surface area contributed by atoms with Gasteiger partial charge in [0.15, 0.2) is 0 Å². The van der Waals surface area contributed by atoms with Crippen LogP contribution in [0.4, 0.5) is 0 Å². The summed E-state index contributed by atoms with van der Waals surface area (Å²) in [4.78, 5) is 25.8. The molecule has 0 atom stereocenters. The summed E-state index contributed by atoms with van der Waals surface area (Å²) < 4.78 is 1.29. The van der Waals surface area contributed by atoms with E-state index in [1.54, 1.807) is 6.07 Å². The molecule has 0 fully saturated rings. The summed E-state index contributed by atoms with van der Waals surface area (Å²) in [7, 11) is 0. The summed E-state index contributed by atoms with van der Waals surface area (Å²) in [6.07, 6.45) is 1.49. The molecule has 0 unspecified atom stereocenters. The number of rotatable bonds is 3. The third-order valence-electron chi connectivity index (χ3n) is 1.45. The van der Waals surface area contributed by atoms with E-state index in [-0.39, 0.29) is 12.2 Å². The van der Waals surface area contributed by atoms with E-state index in [0.29, 0.717) is 4.47 Å². The van der Waals surface area contributed by atoms with Gasteiger partial charge in [-0.15, -0.1) is 0 Å². The number of amides is 2. The van der Waals surface area contributed by atoms with Gasteiger partial charge in [-0.25, -0.2) is 4.98 Å². The molecule has 0 aliphatic heterocycles. The van der Waals surface area contributed by atoms with Crippen LogP contribution in [0.1, 0.15) is 10.5 Å². The molecule has 0 saturated carbocycles. The van der Waals surface area contributed by atoms with Crippen molar-refractivity contribution in [2.24, 2.45) is 5.73 Å². The van der Waals surface area contributed by atoms with Crippen LogP contribution >= 0.6 is 31.9 Å². The first kappa shape index (κ1) is 12.1. The van der Waals surface area contributed by atoms with E-state index in [0.717, 1.165) is 4.47 Å². The van der Waals surface area contributed by atoms with Gasteiger partial charge in [0.1, 0.15) is 5.69 Å². The normalized spacial score (nSPS) is 9.73. The molecule has 1 rings (SSSR count). The number of nitrogens with one attached hydrogen (secondary N) is 1. The zero-order valence-electron chi connectivity index (χ0n) is 7.46. The fraction of sp³-hybridized carbons (Fsp3) is 0.125. The molecule has 3 N–H and O–H groups in total. The number of aromatic nitrogens is 1. The molecule has 1 aromatic rings. The van der Waals surface area contributed by atoms with Crippen LogP contribution in [0.5, 0.6) is 0 Å². The first-order chi connectivity index (χ1) is 7.00. The molecule has 0 aliphatic carbocycles. The zero-order chi connectivity index (χ0) is 11.4. The fourth-order valence-corrected chi connectivity index (χ4v) is 2.00. The molecule has 15 heavy (non-hydrogen) atoms. The van der Waals surface area contributed by atoms with Crippen LogP contribution in [0, 0.1) is 0 Å². The molecule has 0 saturated heterocycles. The van der Waals surface area contributed by atoms with Crippen LogP contribution in [-0.4, -0.2) is 23.3 Å². The van der Waals surface area contributed by atoms with Gasteiger partial charge in [-0.3, -0.25) is 9.59 Å². The average molecular weight is 337 g/mol. The van der Waals surface area contributed by atoms with Crippen molar-refractivity contribution in [3.8, 4) is 0 Å². The Bertz CT molecular complexity index is 409. The Morgan fingerprint density at radius 3 is 2.67 bits per heavy atom. The second kappa shape index (κ2) is 5.22. The second-order valence-electron chi connectivity index (χ2n) is 2.63. The molecule has 1 heterocycles. The molecule has 80 valence electrons. The Kier molecular flexibility index (Phi) is 4.22. The van der Waals surface area contributed by atoms with E-state index < -0.39 is 11.8 Å². The number of carbonyl (C=O) groups is 2. The van der Waals surface area contributed by atoms with Crippen LogP contribution in [0.25, 0.3) is 0 Å². The highest BCUT2D eigenvalue weighted by Gasteiger charge is 2.12. The highest BCUT2D eigenvalue weighted by atomic mass is 79.9. The Morgan fingerprint density at radius 2 is 2.13 bits per heavy atom. The lowest BCUT2D eigenvalue weighted by molar-refractivity contribution is -0.117. The van der Waals surface area contributed by atoms with E-state index in [1.165, 1.54) is 6.20 Å². The molecule has 2 amide bonds. The van der Waals surface area contributed by atoms with Crippen LogP contribution in [0.15, 0.2) is 21.2 Å². The molecular weight excluding hydrogens is 330 g/mol. The Hall–Kier alpha value is -0.950. The smallest absolute Gasteiger partial charge is 0.271 e. The lowest BCUT2D eigenvalue weighted by Gasteiger charge is -2.04. The number of primary amides is 1. The summed E-state index contributed by atoms with van der Waals surface area (Å²) >= 11 is 6.39. The summed E-state index contributed by atoms with van der Waals surface area (Å²) in [6.45, 7) is -0.205. The quantitative estimate of drug-likeness (QED) is 0.857. The summed E-state index contributed by atoms with van der Waals surface area (Å²) in [5.41, 5.74) is 5.10. The fourth-order valence-electron chi connectivity index (χ4n) is 0.833. The number of hydrogen-bond donors (Lipinski definition) is 2. The maximum atomic E-state index is 11.5. The van der Waals surface area contributed by atoms with Gasteiger partial charge < -0.3 is 11.1 Å². The van der Waals surface area contributed by atoms with Crippen molar-refractivity contribution < 1.29 is 9.59 Å². The lowest BCUT2D eigenvalue weighted by Crippen LogP contribution is -2.33. The molecule has 1 aromatic heterocycles. The molecule has 7 heteroatoms. The van der Waals surface area contributed by atoms with E-state index in [1.807, 2.05) is 0 Å². The van der Waals surface area contributed by atoms with Crippen LogP contribution < -0.4 is 11.1 Å². The van der Waals surface area contributed by atoms with Crippen LogP contribution in [0.2, 0.25) is 0 Å². The SMILES string of the molecule is NC(=O)CNC(=O)c1ncc(Br)cc1Br. The van der Waals surface area contributed by atoms with Gasteiger partial charge in [0.25, 0.3) is 5.91 Å². The van der Waals surface area contributed by atoms with Crippen LogP contribution in [-0.2, 0) is 4.79 Å². The van der Waals surface area contributed by atoms with E-state index in [2.05, 4.69) is 42.2 Å². The van der Waals surface area contributed by atoms with Gasteiger partial charge in [-0.1, -0.05) is 0 Å². The number of hydrogen-bond acceptors (Lipinski definition) is 3. The minimum atomic E-state index is -0.600. The van der Waals surface area contributed by atoms with Gasteiger partial charge in [0.2, 0.25) is 5.91 Å². The molecule has 0 spiro atoms. The summed E-state index contributed by atoms with van der Waals surface area (Å²) in [5.74, 6) is -1.05. The summed E-state index contributed by atoms with van der Waals surface area (Å²) in [5, 5.41) is 2.34. The molecule has 0 aliphatic rings. The molecule has 0 radical (unpaired) electrons. The van der Waals surface area contributed by atoms with Crippen molar-refractivity contribution in [2.75, 3.05) is 6.54 Å². The van der Waals surface area contributed by atoms with Gasteiger partial charge in [-0.2, -0.15) is 0 Å². The predicted octanol–water partition coefficient (Wildman–Crippen LogP) is 0.822. The topological polar surface area (TPSA) is 85.1 Å². The van der Waals surface area contributed by atoms with E-state index in [9.17, 15) is 9.59 Å². The van der Waals surface area contributed by atoms with Crippen LogP contribution in [0.3, 0.4) is 0 Å². The number of halogens is 2. The summed E-state index contributed by atoms with van der Waals surface area (Å²) in [6, 6.07) is 1.69. The first-order valence-electron chi connectivity index (χ1n) is 3.88. The van der Waals surface area contributed by atoms with Crippen molar-refractivity contribution in [2.45, 2.75) is 0 Å². The van der Waals surface area contributed by atoms with Crippen molar-refractivity contribution in [1.29, 1.82) is 0 Å². The highest BCUT2D eigenvalue weighted by Crippen LogP contribution is 2.19. The Labute approximate surface area is 103 Å². The second-order valence-corrected chi connectivity index (χ2v) is 4.40. The minimum Gasteiger partial charge on any atom is -0.368 e. The molecular formula is C8H7Br2N3O2. The third-order valence-corrected chi connectivity index (χ3v) is 2.48. The maximum Gasteiger partial charge on any atom is 0.271 e. The predicted molar refractivity (Wildman–Crippen MR) is 61.2 cm³/mol. The maximum absolute atomic E-state index is 11.5.